The van der Waals surface area contributed by atoms with Gasteiger partial charge in [-0.1, -0.05) is 133 Å². The fraction of sp³-hybridized carbons (Fsp3) is 0. The van der Waals surface area contributed by atoms with Crippen LogP contribution < -0.4 is 0 Å². The van der Waals surface area contributed by atoms with Crippen LogP contribution in [0.25, 0.3) is 105 Å². The first-order chi connectivity index (χ1) is 27.8. The molecule has 6 heteroatoms. The Morgan fingerprint density at radius 2 is 1.00 bits per heavy atom. The van der Waals surface area contributed by atoms with E-state index in [-0.39, 0.29) is 0 Å². The lowest BCUT2D eigenvalue weighted by Gasteiger charge is -2.17. The molecule has 12 rings (SSSR count). The van der Waals surface area contributed by atoms with E-state index in [1.54, 1.807) is 0 Å². The molecule has 0 fully saturated rings. The van der Waals surface area contributed by atoms with Crippen LogP contribution in [0.5, 0.6) is 0 Å². The van der Waals surface area contributed by atoms with Crippen molar-refractivity contribution >= 4 is 65.6 Å². The number of hydrogen-bond donors (Lipinski definition) is 0. The summed E-state index contributed by atoms with van der Waals surface area (Å²) in [6.07, 6.45) is 0. The fourth-order valence-electron chi connectivity index (χ4n) is 8.80. The molecule has 0 spiro atoms. The van der Waals surface area contributed by atoms with Gasteiger partial charge in [0.1, 0.15) is 22.6 Å². The normalized spacial score (nSPS) is 11.9. The van der Waals surface area contributed by atoms with E-state index in [0.29, 0.717) is 0 Å². The Labute approximate surface area is 320 Å². The Bertz CT molecular complexity index is 3420. The largest absolute Gasteiger partial charge is 0.455 e. The summed E-state index contributed by atoms with van der Waals surface area (Å²) in [6.45, 7) is 0. The maximum absolute atomic E-state index is 6.64. The minimum absolute atomic E-state index is 0.832. The van der Waals surface area contributed by atoms with Crippen molar-refractivity contribution in [2.45, 2.75) is 0 Å². The fourth-order valence-corrected chi connectivity index (χ4v) is 8.80. The summed E-state index contributed by atoms with van der Waals surface area (Å²) in [5.41, 5.74) is 13.1. The van der Waals surface area contributed by atoms with Crippen molar-refractivity contribution in [2.24, 2.45) is 0 Å². The van der Waals surface area contributed by atoms with Crippen molar-refractivity contribution in [3.05, 3.63) is 188 Å². The average molecular weight is 718 g/mol. The lowest BCUT2D eigenvalue weighted by molar-refractivity contribution is 0.673. The molecule has 4 heterocycles. The zero-order valence-corrected chi connectivity index (χ0v) is 30.0. The van der Waals surface area contributed by atoms with Crippen LogP contribution in [0.4, 0.5) is 0 Å². The van der Waals surface area contributed by atoms with E-state index >= 15 is 0 Å². The summed E-state index contributed by atoms with van der Waals surface area (Å²) < 4.78 is 13.4. The third kappa shape index (κ3) is 4.38. The maximum atomic E-state index is 6.64. The van der Waals surface area contributed by atoms with Gasteiger partial charge in [0.15, 0.2) is 0 Å². The molecule has 0 saturated carbocycles. The number of nitrogens with zero attached hydrogens (tertiary/aromatic N) is 5. The summed E-state index contributed by atoms with van der Waals surface area (Å²) in [6, 6.07) is 66.2. The molecule has 6 nitrogen and oxygen atoms in total. The summed E-state index contributed by atoms with van der Waals surface area (Å²) >= 11 is 0. The second-order valence-corrected chi connectivity index (χ2v) is 14.3. The third-order valence-electron chi connectivity index (χ3n) is 11.2. The molecule has 56 heavy (non-hydrogen) atoms. The topological polar surface area (TPSA) is 53.7 Å². The van der Waals surface area contributed by atoms with E-state index < -0.39 is 0 Å². The molecule has 4 aromatic heterocycles. The number of fused-ring (bicyclic) bond motifs is 10. The predicted molar refractivity (Wildman–Crippen MR) is 228 cm³/mol. The van der Waals surface area contributed by atoms with E-state index in [4.69, 9.17) is 14.7 Å². The van der Waals surface area contributed by atoms with Gasteiger partial charge in [0, 0.05) is 38.1 Å². The van der Waals surface area contributed by atoms with E-state index in [2.05, 4.69) is 155 Å². The molecule has 0 amide bonds. The van der Waals surface area contributed by atoms with Gasteiger partial charge in [-0.15, -0.1) is 5.10 Å². The standard InChI is InChI=1S/C50H31N5O/c1-3-15-32(16-4-1)48-49(55(52-51-48)34-17-5-2-6-18-34)33-27-28-36-35-19-7-10-22-40(35)54(45(36)31-33)43-25-13-12-24-42(43)53-41-23-11-8-21-39(41)47-44(53)30-29-38-37-20-9-14-26-46(37)56-50(38)47/h1-31H. The summed E-state index contributed by atoms with van der Waals surface area (Å²) in [5.74, 6) is 0. The SMILES string of the molecule is c1ccc(-c2nnn(-c3ccccc3)c2-c2ccc3c4ccccc4n(-c4ccccc4-n4c5ccccc5c5c6oc7ccccc7c6ccc54)c3c2)cc1. The lowest BCUT2D eigenvalue weighted by Crippen LogP contribution is -2.03. The van der Waals surface area contributed by atoms with Crippen molar-refractivity contribution < 1.29 is 4.42 Å². The van der Waals surface area contributed by atoms with Crippen molar-refractivity contribution in [1.82, 2.24) is 24.1 Å². The van der Waals surface area contributed by atoms with Crippen LogP contribution in [0.1, 0.15) is 0 Å². The van der Waals surface area contributed by atoms with Crippen LogP contribution in [0, 0.1) is 0 Å². The molecule has 0 saturated heterocycles. The van der Waals surface area contributed by atoms with Crippen molar-refractivity contribution in [3.63, 3.8) is 0 Å². The molecule has 262 valence electrons. The summed E-state index contributed by atoms with van der Waals surface area (Å²) in [4.78, 5) is 0. The zero-order valence-electron chi connectivity index (χ0n) is 30.0. The van der Waals surface area contributed by atoms with Gasteiger partial charge in [-0.2, -0.15) is 0 Å². The van der Waals surface area contributed by atoms with Gasteiger partial charge in [0.2, 0.25) is 0 Å². The van der Waals surface area contributed by atoms with Crippen LogP contribution in [0.3, 0.4) is 0 Å². The van der Waals surface area contributed by atoms with Crippen LogP contribution in [0.2, 0.25) is 0 Å². The first-order valence-corrected chi connectivity index (χ1v) is 18.9. The maximum Gasteiger partial charge on any atom is 0.145 e. The smallest absolute Gasteiger partial charge is 0.145 e. The minimum Gasteiger partial charge on any atom is -0.455 e. The Balaban J connectivity index is 1.15. The predicted octanol–water partition coefficient (Wildman–Crippen LogP) is 12.7. The van der Waals surface area contributed by atoms with Crippen molar-refractivity contribution in [2.75, 3.05) is 0 Å². The number of rotatable bonds is 5. The highest BCUT2D eigenvalue weighted by Crippen LogP contribution is 2.43. The van der Waals surface area contributed by atoms with Gasteiger partial charge in [-0.3, -0.25) is 0 Å². The molecule has 0 radical (unpaired) electrons. The molecule has 0 atom stereocenters. The summed E-state index contributed by atoms with van der Waals surface area (Å²) in [5, 5.41) is 16.4. The third-order valence-corrected chi connectivity index (χ3v) is 11.2. The average Bonchev–Trinajstić information content (AvgIpc) is 4.03. The molecule has 12 aromatic rings. The quantitative estimate of drug-likeness (QED) is 0.178. The first kappa shape index (κ1) is 30.7. The van der Waals surface area contributed by atoms with Crippen LogP contribution >= 0.6 is 0 Å². The van der Waals surface area contributed by atoms with Crippen LogP contribution in [-0.4, -0.2) is 24.1 Å². The van der Waals surface area contributed by atoms with Crippen molar-refractivity contribution in [3.8, 4) is 39.6 Å². The highest BCUT2D eigenvalue weighted by atomic mass is 16.3. The Kier molecular flexibility index (Phi) is 6.53. The molecule has 0 unspecified atom stereocenters. The van der Waals surface area contributed by atoms with Gasteiger partial charge >= 0.3 is 0 Å². The van der Waals surface area contributed by atoms with E-state index in [9.17, 15) is 0 Å². The molecule has 0 bridgehead atoms. The van der Waals surface area contributed by atoms with Gasteiger partial charge in [-0.25, -0.2) is 4.68 Å². The summed E-state index contributed by atoms with van der Waals surface area (Å²) in [7, 11) is 0. The zero-order chi connectivity index (χ0) is 36.7. The van der Waals surface area contributed by atoms with Gasteiger partial charge < -0.3 is 13.6 Å². The monoisotopic (exact) mass is 717 g/mol. The molecular formula is C50H31N5O. The Morgan fingerprint density at radius 1 is 0.411 bits per heavy atom. The lowest BCUT2D eigenvalue weighted by atomic mass is 10.0. The first-order valence-electron chi connectivity index (χ1n) is 18.9. The molecular weight excluding hydrogens is 687 g/mol. The Morgan fingerprint density at radius 3 is 1.79 bits per heavy atom. The van der Waals surface area contributed by atoms with Gasteiger partial charge in [0.25, 0.3) is 0 Å². The molecule has 0 N–H and O–H groups in total. The minimum atomic E-state index is 0.832. The molecule has 0 aliphatic rings. The molecule has 0 aliphatic heterocycles. The number of hydrogen-bond acceptors (Lipinski definition) is 3. The highest BCUT2D eigenvalue weighted by molar-refractivity contribution is 6.24. The van der Waals surface area contributed by atoms with E-state index in [0.717, 1.165) is 94.4 Å². The Hall–Kier alpha value is -7.70. The highest BCUT2D eigenvalue weighted by Gasteiger charge is 2.24. The van der Waals surface area contributed by atoms with E-state index in [1.165, 1.54) is 10.8 Å². The number of para-hydroxylation sites is 6. The molecule has 0 aliphatic carbocycles. The van der Waals surface area contributed by atoms with Gasteiger partial charge in [0.05, 0.1) is 44.5 Å². The van der Waals surface area contributed by atoms with Crippen LogP contribution in [-0.2, 0) is 0 Å². The number of furan rings is 1. The van der Waals surface area contributed by atoms with Crippen molar-refractivity contribution in [1.29, 1.82) is 0 Å². The number of benzene rings is 8. The van der Waals surface area contributed by atoms with Gasteiger partial charge in [-0.05, 0) is 60.7 Å². The van der Waals surface area contributed by atoms with E-state index in [1.807, 2.05) is 47.1 Å². The second-order valence-electron chi connectivity index (χ2n) is 14.3. The number of aromatic nitrogens is 5. The molecule has 8 aromatic carbocycles. The second kappa shape index (κ2) is 11.9. The van der Waals surface area contributed by atoms with Crippen LogP contribution in [0.15, 0.2) is 192 Å².